The Balaban J connectivity index is 2.64. The van der Waals surface area contributed by atoms with Crippen LogP contribution < -0.4 is 0 Å². The van der Waals surface area contributed by atoms with Crippen molar-refractivity contribution in [3.8, 4) is 0 Å². The number of sulfone groups is 1. The van der Waals surface area contributed by atoms with Crippen LogP contribution in [0.3, 0.4) is 0 Å². The third-order valence-corrected chi connectivity index (χ3v) is 4.40. The van der Waals surface area contributed by atoms with Crippen LogP contribution in [0.2, 0.25) is 5.02 Å². The predicted octanol–water partition coefficient (Wildman–Crippen LogP) is 3.13. The molecule has 0 amide bonds. The molecule has 1 aromatic rings. The highest BCUT2D eigenvalue weighted by atomic mass is 35.5. The summed E-state index contributed by atoms with van der Waals surface area (Å²) in [5, 5.41) is 0.434. The summed E-state index contributed by atoms with van der Waals surface area (Å²) in [6, 6.07) is 6.36. The number of hydrogen-bond donors (Lipinski definition) is 0. The molecule has 0 aliphatic rings. The number of Topliss-reactive ketones (excluding diaryl/α,β-unsaturated/α-hetero) is 1. The second-order valence-electron chi connectivity index (χ2n) is 4.23. The quantitative estimate of drug-likeness (QED) is 0.572. The minimum Gasteiger partial charge on any atom is -0.293 e. The highest BCUT2D eigenvalue weighted by Gasteiger charge is 2.17. The van der Waals surface area contributed by atoms with E-state index in [1.165, 1.54) is 6.07 Å². The zero-order valence-electron chi connectivity index (χ0n) is 10.4. The first-order chi connectivity index (χ1) is 8.44. The van der Waals surface area contributed by atoms with E-state index in [9.17, 15) is 13.2 Å². The summed E-state index contributed by atoms with van der Waals surface area (Å²) in [6.45, 7) is 2.00. The van der Waals surface area contributed by atoms with Crippen LogP contribution in [0.5, 0.6) is 0 Å². The third kappa shape index (κ3) is 5.19. The summed E-state index contributed by atoms with van der Waals surface area (Å²) in [7, 11) is -3.31. The number of unbranched alkanes of at least 4 members (excludes halogenated alkanes) is 2. The van der Waals surface area contributed by atoms with E-state index in [1.54, 1.807) is 18.2 Å². The smallest absolute Gasteiger partial charge is 0.177 e. The molecule has 0 bridgehead atoms. The average molecular weight is 289 g/mol. The van der Waals surface area contributed by atoms with Gasteiger partial charge in [0, 0.05) is 10.6 Å². The van der Waals surface area contributed by atoms with Crippen LogP contribution in [-0.4, -0.2) is 25.7 Å². The Morgan fingerprint density at radius 3 is 2.61 bits per heavy atom. The molecule has 0 saturated carbocycles. The molecule has 1 rings (SSSR count). The van der Waals surface area contributed by atoms with Crippen molar-refractivity contribution in [3.05, 3.63) is 34.9 Å². The fourth-order valence-corrected chi connectivity index (χ4v) is 3.13. The molecule has 0 aromatic heterocycles. The minimum atomic E-state index is -3.31. The van der Waals surface area contributed by atoms with Crippen LogP contribution in [0.1, 0.15) is 36.5 Å². The molecule has 0 spiro atoms. The van der Waals surface area contributed by atoms with Crippen LogP contribution in [0.4, 0.5) is 0 Å². The van der Waals surface area contributed by atoms with E-state index in [0.29, 0.717) is 17.0 Å². The van der Waals surface area contributed by atoms with Crippen molar-refractivity contribution >= 4 is 27.2 Å². The molecule has 0 atom stereocenters. The Hall–Kier alpha value is -0.870. The molecule has 3 nitrogen and oxygen atoms in total. The highest BCUT2D eigenvalue weighted by Crippen LogP contribution is 2.12. The molecule has 1 aromatic carbocycles. The Bertz CT molecular complexity index is 509. The maximum Gasteiger partial charge on any atom is 0.177 e. The number of hydrogen-bond acceptors (Lipinski definition) is 3. The van der Waals surface area contributed by atoms with E-state index in [1.807, 2.05) is 6.92 Å². The van der Waals surface area contributed by atoms with Crippen LogP contribution in [0.25, 0.3) is 0 Å². The van der Waals surface area contributed by atoms with Crippen molar-refractivity contribution in [3.63, 3.8) is 0 Å². The maximum atomic E-state index is 11.8. The van der Waals surface area contributed by atoms with E-state index < -0.39 is 21.4 Å². The molecule has 0 aliphatic carbocycles. The van der Waals surface area contributed by atoms with E-state index >= 15 is 0 Å². The molecule has 0 N–H and O–H groups in total. The molecule has 0 radical (unpaired) electrons. The van der Waals surface area contributed by atoms with Gasteiger partial charge < -0.3 is 0 Å². The molecule has 100 valence electrons. The minimum absolute atomic E-state index is 0.0765. The Morgan fingerprint density at radius 2 is 2.00 bits per heavy atom. The summed E-state index contributed by atoms with van der Waals surface area (Å²) in [6.07, 6.45) is 2.43. The first kappa shape index (κ1) is 15.2. The average Bonchev–Trinajstić information content (AvgIpc) is 2.28. The maximum absolute atomic E-state index is 11.8. The zero-order valence-corrected chi connectivity index (χ0v) is 11.9. The topological polar surface area (TPSA) is 51.2 Å². The van der Waals surface area contributed by atoms with Gasteiger partial charge in [-0.15, -0.1) is 0 Å². The number of carbonyl (C=O) groups is 1. The van der Waals surface area contributed by atoms with Crippen molar-refractivity contribution in [1.82, 2.24) is 0 Å². The molecule has 18 heavy (non-hydrogen) atoms. The lowest BCUT2D eigenvalue weighted by Crippen LogP contribution is -2.19. The summed E-state index contributed by atoms with van der Waals surface area (Å²) in [5.41, 5.74) is 0.349. The van der Waals surface area contributed by atoms with Gasteiger partial charge in [0.25, 0.3) is 0 Å². The van der Waals surface area contributed by atoms with Gasteiger partial charge in [-0.3, -0.25) is 4.79 Å². The Morgan fingerprint density at radius 1 is 1.28 bits per heavy atom. The van der Waals surface area contributed by atoms with Gasteiger partial charge in [0.15, 0.2) is 15.6 Å². The van der Waals surface area contributed by atoms with Crippen molar-refractivity contribution in [2.24, 2.45) is 0 Å². The zero-order chi connectivity index (χ0) is 13.6. The van der Waals surface area contributed by atoms with Gasteiger partial charge in [0.05, 0.1) is 5.75 Å². The predicted molar refractivity (Wildman–Crippen MR) is 74.0 cm³/mol. The molecular weight excluding hydrogens is 272 g/mol. The van der Waals surface area contributed by atoms with Gasteiger partial charge in [0.2, 0.25) is 0 Å². The van der Waals surface area contributed by atoms with E-state index in [-0.39, 0.29) is 5.75 Å². The first-order valence-electron chi connectivity index (χ1n) is 5.94. The monoisotopic (exact) mass is 288 g/mol. The lowest BCUT2D eigenvalue weighted by Gasteiger charge is -2.04. The fraction of sp³-hybridized carbons (Fsp3) is 0.462. The van der Waals surface area contributed by atoms with Crippen LogP contribution in [0, 0.1) is 0 Å². The first-order valence-corrected chi connectivity index (χ1v) is 8.14. The van der Waals surface area contributed by atoms with E-state index in [4.69, 9.17) is 11.6 Å². The Labute approximate surface area is 113 Å². The molecule has 5 heteroatoms. The lowest BCUT2D eigenvalue weighted by molar-refractivity contribution is 0.102. The summed E-state index contributed by atoms with van der Waals surface area (Å²) >= 11 is 5.76. The van der Waals surface area contributed by atoms with Crippen molar-refractivity contribution in [2.45, 2.75) is 26.2 Å². The third-order valence-electron chi connectivity index (χ3n) is 2.56. The molecule has 0 fully saturated rings. The second kappa shape index (κ2) is 6.90. The molecular formula is C13H17ClO3S. The second-order valence-corrected chi connectivity index (χ2v) is 6.85. The standard InChI is InChI=1S/C13H17ClO3S/c1-2-3-4-8-18(16,17)10-13(15)11-6-5-7-12(14)9-11/h5-7,9H,2-4,8,10H2,1H3. The largest absolute Gasteiger partial charge is 0.293 e. The van der Waals surface area contributed by atoms with Gasteiger partial charge in [-0.2, -0.15) is 0 Å². The van der Waals surface area contributed by atoms with Crippen molar-refractivity contribution in [2.75, 3.05) is 11.5 Å². The fourth-order valence-electron chi connectivity index (χ4n) is 1.59. The van der Waals surface area contributed by atoms with Gasteiger partial charge in [-0.25, -0.2) is 8.42 Å². The van der Waals surface area contributed by atoms with Gasteiger partial charge in [-0.1, -0.05) is 43.5 Å². The van der Waals surface area contributed by atoms with E-state index in [0.717, 1.165) is 12.8 Å². The van der Waals surface area contributed by atoms with Gasteiger partial charge >= 0.3 is 0 Å². The summed E-state index contributed by atoms with van der Waals surface area (Å²) < 4.78 is 23.4. The SMILES string of the molecule is CCCCCS(=O)(=O)CC(=O)c1cccc(Cl)c1. The summed E-state index contributed by atoms with van der Waals surface area (Å²) in [5.74, 6) is -0.751. The van der Waals surface area contributed by atoms with Gasteiger partial charge in [0.1, 0.15) is 5.75 Å². The lowest BCUT2D eigenvalue weighted by atomic mass is 10.1. The van der Waals surface area contributed by atoms with Crippen LogP contribution in [0.15, 0.2) is 24.3 Å². The molecule has 0 aliphatic heterocycles. The number of carbonyl (C=O) groups excluding carboxylic acids is 1. The van der Waals surface area contributed by atoms with Crippen molar-refractivity contribution < 1.29 is 13.2 Å². The molecule has 0 heterocycles. The number of ketones is 1. The summed E-state index contributed by atoms with van der Waals surface area (Å²) in [4.78, 5) is 11.8. The van der Waals surface area contributed by atoms with Crippen LogP contribution >= 0.6 is 11.6 Å². The molecule has 0 saturated heterocycles. The number of halogens is 1. The van der Waals surface area contributed by atoms with E-state index in [2.05, 4.69) is 0 Å². The van der Waals surface area contributed by atoms with Crippen LogP contribution in [-0.2, 0) is 9.84 Å². The molecule has 0 unspecified atom stereocenters. The Kier molecular flexibility index (Phi) is 5.82. The highest BCUT2D eigenvalue weighted by molar-refractivity contribution is 7.92. The van der Waals surface area contributed by atoms with Crippen molar-refractivity contribution in [1.29, 1.82) is 0 Å². The number of rotatable bonds is 7. The number of benzene rings is 1. The normalized spacial score (nSPS) is 11.4. The van der Waals surface area contributed by atoms with Gasteiger partial charge in [-0.05, 0) is 18.6 Å².